The minimum Gasteiger partial charge on any atom is -0.330 e. The van der Waals surface area contributed by atoms with Crippen LogP contribution in [-0.2, 0) is 6.42 Å². The summed E-state index contributed by atoms with van der Waals surface area (Å²) in [5, 5.41) is 1.26. The second kappa shape index (κ2) is 5.35. The Morgan fingerprint density at radius 2 is 2.23 bits per heavy atom. The molecule has 0 fully saturated rings. The molecule has 0 radical (unpaired) electrons. The molecule has 1 aromatic heterocycles. The first-order chi connectivity index (χ1) is 6.24. The molecule has 3 heteroatoms. The lowest BCUT2D eigenvalue weighted by molar-refractivity contribution is 0.741. The Bertz CT molecular complexity index is 243. The molecule has 0 aliphatic carbocycles. The van der Waals surface area contributed by atoms with Crippen LogP contribution in [0.15, 0.2) is 6.20 Å². The maximum Gasteiger partial charge on any atom is 0.0927 e. The lowest BCUT2D eigenvalue weighted by Crippen LogP contribution is -1.98. The van der Waals surface area contributed by atoms with E-state index in [1.165, 1.54) is 16.3 Å². The molecule has 0 aliphatic rings. The van der Waals surface area contributed by atoms with Gasteiger partial charge in [0.15, 0.2) is 0 Å². The molecule has 0 aromatic carbocycles. The number of hydrogen-bond donors (Lipinski definition) is 1. The number of rotatable bonds is 5. The summed E-state index contributed by atoms with van der Waals surface area (Å²) < 4.78 is 0. The molecule has 2 N–H and O–H groups in total. The van der Waals surface area contributed by atoms with Gasteiger partial charge in [0.2, 0.25) is 0 Å². The van der Waals surface area contributed by atoms with E-state index in [1.807, 2.05) is 17.5 Å². The highest BCUT2D eigenvalue weighted by Gasteiger charge is 2.04. The first-order valence-corrected chi connectivity index (χ1v) is 5.70. The van der Waals surface area contributed by atoms with Gasteiger partial charge in [0.1, 0.15) is 0 Å². The van der Waals surface area contributed by atoms with Gasteiger partial charge in [-0.15, -0.1) is 11.3 Å². The molecule has 74 valence electrons. The summed E-state index contributed by atoms with van der Waals surface area (Å²) in [6.45, 7) is 5.21. The number of unbranched alkanes of at least 4 members (excludes halogenated alkanes) is 1. The van der Waals surface area contributed by atoms with E-state index in [2.05, 4.69) is 18.8 Å². The zero-order valence-corrected chi connectivity index (χ0v) is 9.23. The summed E-state index contributed by atoms with van der Waals surface area (Å²) in [5.41, 5.74) is 5.43. The monoisotopic (exact) mass is 198 g/mol. The Morgan fingerprint density at radius 1 is 1.46 bits per heavy atom. The summed E-state index contributed by atoms with van der Waals surface area (Å²) >= 11 is 1.84. The average molecular weight is 198 g/mol. The van der Waals surface area contributed by atoms with Crippen molar-refractivity contribution in [2.75, 3.05) is 6.54 Å². The van der Waals surface area contributed by atoms with Gasteiger partial charge >= 0.3 is 0 Å². The van der Waals surface area contributed by atoms with Crippen LogP contribution in [0.25, 0.3) is 0 Å². The van der Waals surface area contributed by atoms with Crippen molar-refractivity contribution in [1.82, 2.24) is 4.98 Å². The van der Waals surface area contributed by atoms with Crippen LogP contribution in [0.4, 0.5) is 0 Å². The lowest BCUT2D eigenvalue weighted by atomic mass is 10.2. The molecule has 0 unspecified atom stereocenters. The van der Waals surface area contributed by atoms with Gasteiger partial charge in [-0.1, -0.05) is 13.8 Å². The minimum absolute atomic E-state index is 0.612. The fourth-order valence-electron chi connectivity index (χ4n) is 1.13. The van der Waals surface area contributed by atoms with Crippen LogP contribution in [0.3, 0.4) is 0 Å². The fraction of sp³-hybridized carbons (Fsp3) is 0.700. The quantitative estimate of drug-likeness (QED) is 0.738. The van der Waals surface area contributed by atoms with Gasteiger partial charge < -0.3 is 5.73 Å². The molecular weight excluding hydrogens is 180 g/mol. The Balaban J connectivity index is 2.40. The normalized spacial score (nSPS) is 11.1. The SMILES string of the molecule is CC(C)c1cnc(CCCCN)s1. The molecule has 0 aliphatic heterocycles. The number of nitrogens with two attached hydrogens (primary N) is 1. The second-order valence-corrected chi connectivity index (χ2v) is 4.70. The average Bonchev–Trinajstić information content (AvgIpc) is 2.53. The first-order valence-electron chi connectivity index (χ1n) is 4.88. The summed E-state index contributed by atoms with van der Waals surface area (Å²) in [4.78, 5) is 5.78. The van der Waals surface area contributed by atoms with Gasteiger partial charge in [-0.25, -0.2) is 4.98 Å². The van der Waals surface area contributed by atoms with Crippen molar-refractivity contribution in [1.29, 1.82) is 0 Å². The Kier molecular flexibility index (Phi) is 4.39. The molecule has 1 rings (SSSR count). The van der Waals surface area contributed by atoms with Crippen molar-refractivity contribution in [2.24, 2.45) is 5.73 Å². The predicted molar refractivity (Wildman–Crippen MR) is 58.2 cm³/mol. The highest BCUT2D eigenvalue weighted by Crippen LogP contribution is 2.22. The molecule has 0 bridgehead atoms. The standard InChI is InChI=1S/C10H18N2S/c1-8(2)9-7-12-10(13-9)5-3-4-6-11/h7-8H,3-6,11H2,1-2H3. The van der Waals surface area contributed by atoms with Gasteiger partial charge in [-0.05, 0) is 31.7 Å². The van der Waals surface area contributed by atoms with Gasteiger partial charge in [0.25, 0.3) is 0 Å². The summed E-state index contributed by atoms with van der Waals surface area (Å²) in [6.07, 6.45) is 5.37. The second-order valence-electron chi connectivity index (χ2n) is 3.56. The van der Waals surface area contributed by atoms with Crippen LogP contribution in [0.5, 0.6) is 0 Å². The molecule has 13 heavy (non-hydrogen) atoms. The van der Waals surface area contributed by atoms with Crippen molar-refractivity contribution in [3.8, 4) is 0 Å². The van der Waals surface area contributed by atoms with Crippen LogP contribution in [0.1, 0.15) is 42.5 Å². The van der Waals surface area contributed by atoms with Crippen molar-refractivity contribution in [2.45, 2.75) is 39.0 Å². The number of nitrogens with zero attached hydrogens (tertiary/aromatic N) is 1. The van der Waals surface area contributed by atoms with E-state index < -0.39 is 0 Å². The van der Waals surface area contributed by atoms with Crippen LogP contribution in [0.2, 0.25) is 0 Å². The maximum atomic E-state index is 5.43. The summed E-state index contributed by atoms with van der Waals surface area (Å²) in [5.74, 6) is 0.612. The first kappa shape index (κ1) is 10.7. The number of hydrogen-bond acceptors (Lipinski definition) is 3. The predicted octanol–water partition coefficient (Wildman–Crippen LogP) is 2.55. The van der Waals surface area contributed by atoms with Crippen molar-refractivity contribution in [3.63, 3.8) is 0 Å². The number of aromatic nitrogens is 1. The number of aryl methyl sites for hydroxylation is 1. The fourth-order valence-corrected chi connectivity index (χ4v) is 2.09. The largest absolute Gasteiger partial charge is 0.330 e. The Hall–Kier alpha value is -0.410. The highest BCUT2D eigenvalue weighted by atomic mass is 32.1. The molecule has 0 spiro atoms. The Morgan fingerprint density at radius 3 is 2.77 bits per heavy atom. The van der Waals surface area contributed by atoms with E-state index in [4.69, 9.17) is 5.73 Å². The summed E-state index contributed by atoms with van der Waals surface area (Å²) in [6, 6.07) is 0. The number of thiazole rings is 1. The van der Waals surface area contributed by atoms with Crippen LogP contribution in [-0.4, -0.2) is 11.5 Å². The van der Waals surface area contributed by atoms with E-state index in [-0.39, 0.29) is 0 Å². The molecule has 1 aromatic rings. The maximum absolute atomic E-state index is 5.43. The van der Waals surface area contributed by atoms with Crippen molar-refractivity contribution >= 4 is 11.3 Å². The van der Waals surface area contributed by atoms with Crippen LogP contribution in [0, 0.1) is 0 Å². The van der Waals surface area contributed by atoms with Gasteiger partial charge in [0, 0.05) is 11.1 Å². The van der Waals surface area contributed by atoms with Gasteiger partial charge in [-0.2, -0.15) is 0 Å². The van der Waals surface area contributed by atoms with E-state index in [0.29, 0.717) is 5.92 Å². The van der Waals surface area contributed by atoms with Crippen LogP contribution >= 0.6 is 11.3 Å². The molecule has 0 saturated heterocycles. The zero-order chi connectivity index (χ0) is 9.68. The lowest BCUT2D eigenvalue weighted by Gasteiger charge is -1.96. The van der Waals surface area contributed by atoms with Crippen molar-refractivity contribution in [3.05, 3.63) is 16.1 Å². The molecule has 0 saturated carbocycles. The molecule has 0 atom stereocenters. The zero-order valence-electron chi connectivity index (χ0n) is 8.42. The van der Waals surface area contributed by atoms with E-state index in [0.717, 1.165) is 19.4 Å². The third-order valence-corrected chi connectivity index (χ3v) is 3.34. The van der Waals surface area contributed by atoms with E-state index >= 15 is 0 Å². The van der Waals surface area contributed by atoms with E-state index in [9.17, 15) is 0 Å². The highest BCUT2D eigenvalue weighted by molar-refractivity contribution is 7.11. The van der Waals surface area contributed by atoms with Crippen LogP contribution < -0.4 is 5.73 Å². The molecule has 1 heterocycles. The summed E-state index contributed by atoms with van der Waals surface area (Å²) in [7, 11) is 0. The Labute approximate surface area is 84.2 Å². The van der Waals surface area contributed by atoms with E-state index in [1.54, 1.807) is 0 Å². The third kappa shape index (κ3) is 3.44. The molecular formula is C10H18N2S. The third-order valence-electron chi connectivity index (χ3n) is 1.99. The van der Waals surface area contributed by atoms with Gasteiger partial charge in [0.05, 0.1) is 5.01 Å². The van der Waals surface area contributed by atoms with Gasteiger partial charge in [-0.3, -0.25) is 0 Å². The topological polar surface area (TPSA) is 38.9 Å². The molecule has 2 nitrogen and oxygen atoms in total. The smallest absolute Gasteiger partial charge is 0.0927 e. The minimum atomic E-state index is 0.612. The van der Waals surface area contributed by atoms with Crippen molar-refractivity contribution < 1.29 is 0 Å². The molecule has 0 amide bonds.